The highest BCUT2D eigenvalue weighted by atomic mass is 16.6. The van der Waals surface area contributed by atoms with Gasteiger partial charge in [0.1, 0.15) is 0 Å². The van der Waals surface area contributed by atoms with Crippen molar-refractivity contribution in [3.63, 3.8) is 0 Å². The fourth-order valence-electron chi connectivity index (χ4n) is 2.20. The summed E-state index contributed by atoms with van der Waals surface area (Å²) in [5.74, 6) is -0.288. The van der Waals surface area contributed by atoms with Crippen LogP contribution in [0.1, 0.15) is 5.56 Å². The number of benzene rings is 2. The number of nitrogens with zero attached hydrogens (tertiary/aromatic N) is 1. The van der Waals surface area contributed by atoms with Crippen LogP contribution >= 0.6 is 0 Å². The van der Waals surface area contributed by atoms with Gasteiger partial charge in [-0.2, -0.15) is 0 Å². The third-order valence-corrected chi connectivity index (χ3v) is 3.09. The molecule has 0 aromatic heterocycles. The molecule has 0 amide bonds. The van der Waals surface area contributed by atoms with Crippen molar-refractivity contribution < 1.29 is 19.6 Å². The van der Waals surface area contributed by atoms with Crippen LogP contribution in [0.3, 0.4) is 0 Å². The Bertz CT molecular complexity index is 757. The lowest BCUT2D eigenvalue weighted by molar-refractivity contribution is -0.385. The number of carbonyl (C=O) groups is 1. The number of anilines is 2. The summed E-state index contributed by atoms with van der Waals surface area (Å²) in [7, 11) is 0. The van der Waals surface area contributed by atoms with E-state index in [9.17, 15) is 14.9 Å². The number of carboxylic acids is 1. The number of carboxylic acid groups (broad SMARTS) is 1. The van der Waals surface area contributed by atoms with E-state index < -0.39 is 10.9 Å². The average molecular weight is 286 g/mol. The van der Waals surface area contributed by atoms with Crippen molar-refractivity contribution in [2.75, 3.05) is 5.32 Å². The van der Waals surface area contributed by atoms with Crippen LogP contribution in [0.15, 0.2) is 36.4 Å². The van der Waals surface area contributed by atoms with Crippen molar-refractivity contribution in [1.82, 2.24) is 0 Å². The second-order valence-electron chi connectivity index (χ2n) is 4.53. The number of nitrogens with one attached hydrogen (secondary N) is 1. The molecule has 0 fully saturated rings. The molecule has 0 aliphatic carbocycles. The first-order valence-corrected chi connectivity index (χ1v) is 6.11. The average Bonchev–Trinajstić information content (AvgIpc) is 2.44. The van der Waals surface area contributed by atoms with Crippen LogP contribution in [0, 0.1) is 10.1 Å². The number of hydrogen-bond donors (Lipinski definition) is 2. The summed E-state index contributed by atoms with van der Waals surface area (Å²) in [6.07, 6.45) is -0.331. The van der Waals surface area contributed by atoms with Crippen LogP contribution in [-0.4, -0.2) is 16.0 Å². The Morgan fingerprint density at radius 3 is 2.76 bits per heavy atom. The normalized spacial score (nSPS) is 11.6. The van der Waals surface area contributed by atoms with E-state index in [4.69, 9.17) is 9.84 Å². The van der Waals surface area contributed by atoms with Crippen LogP contribution in [0.25, 0.3) is 0 Å². The molecule has 0 radical (unpaired) electrons. The molecule has 0 saturated carbocycles. The minimum atomic E-state index is -1.07. The highest BCUT2D eigenvalue weighted by Gasteiger charge is 2.24. The van der Waals surface area contributed by atoms with Crippen molar-refractivity contribution in [1.29, 1.82) is 0 Å². The molecular formula is C14H10N2O5. The molecule has 7 heteroatoms. The number of fused-ring (bicyclic) bond motifs is 2. The van der Waals surface area contributed by atoms with Crippen molar-refractivity contribution in [3.05, 3.63) is 52.1 Å². The minimum Gasteiger partial charge on any atom is -0.481 e. The summed E-state index contributed by atoms with van der Waals surface area (Å²) < 4.78 is 5.63. The van der Waals surface area contributed by atoms with E-state index >= 15 is 0 Å². The van der Waals surface area contributed by atoms with Gasteiger partial charge in [0.05, 0.1) is 28.8 Å². The SMILES string of the molecule is O=C(O)Cc1cc([N+](=O)[O-])cc2c1Nc1ccccc1O2. The molecule has 1 aliphatic heterocycles. The fourth-order valence-corrected chi connectivity index (χ4v) is 2.20. The van der Waals surface area contributed by atoms with Crippen LogP contribution in [0.5, 0.6) is 11.5 Å². The van der Waals surface area contributed by atoms with Gasteiger partial charge in [-0.3, -0.25) is 14.9 Å². The van der Waals surface area contributed by atoms with Gasteiger partial charge in [0.2, 0.25) is 0 Å². The van der Waals surface area contributed by atoms with Crippen LogP contribution in [0.2, 0.25) is 0 Å². The summed E-state index contributed by atoms with van der Waals surface area (Å²) in [6.45, 7) is 0. The molecule has 7 nitrogen and oxygen atoms in total. The molecule has 2 N–H and O–H groups in total. The number of ether oxygens (including phenoxy) is 1. The van der Waals surface area contributed by atoms with Gasteiger partial charge in [-0.15, -0.1) is 0 Å². The maximum Gasteiger partial charge on any atom is 0.307 e. The van der Waals surface area contributed by atoms with Crippen molar-refractivity contribution in [2.24, 2.45) is 0 Å². The summed E-state index contributed by atoms with van der Waals surface area (Å²) in [4.78, 5) is 21.3. The third-order valence-electron chi connectivity index (χ3n) is 3.09. The van der Waals surface area contributed by atoms with E-state index in [1.165, 1.54) is 12.1 Å². The summed E-state index contributed by atoms with van der Waals surface area (Å²) in [5.41, 5.74) is 1.24. The fraction of sp³-hybridized carbons (Fsp3) is 0.0714. The Morgan fingerprint density at radius 2 is 2.05 bits per heavy atom. The van der Waals surface area contributed by atoms with E-state index in [0.717, 1.165) is 0 Å². The molecule has 0 saturated heterocycles. The summed E-state index contributed by atoms with van der Waals surface area (Å²) in [6, 6.07) is 9.62. The van der Waals surface area contributed by atoms with Crippen LogP contribution in [-0.2, 0) is 11.2 Å². The van der Waals surface area contributed by atoms with Crippen LogP contribution in [0.4, 0.5) is 17.1 Å². The van der Waals surface area contributed by atoms with Crippen molar-refractivity contribution in [3.8, 4) is 11.5 Å². The Hall–Kier alpha value is -3.09. The molecule has 0 bridgehead atoms. The van der Waals surface area contributed by atoms with Gasteiger partial charge < -0.3 is 15.2 Å². The zero-order chi connectivity index (χ0) is 15.0. The van der Waals surface area contributed by atoms with Gasteiger partial charge in [-0.1, -0.05) is 12.1 Å². The lowest BCUT2D eigenvalue weighted by Crippen LogP contribution is -2.09. The first-order valence-electron chi connectivity index (χ1n) is 6.11. The Morgan fingerprint density at radius 1 is 1.29 bits per heavy atom. The number of nitro benzene ring substituents is 1. The van der Waals surface area contributed by atoms with Gasteiger partial charge in [0, 0.05) is 6.07 Å². The van der Waals surface area contributed by atoms with E-state index in [-0.39, 0.29) is 17.9 Å². The molecule has 0 atom stereocenters. The van der Waals surface area contributed by atoms with Gasteiger partial charge in [-0.05, 0) is 17.7 Å². The highest BCUT2D eigenvalue weighted by molar-refractivity contribution is 5.83. The summed E-state index contributed by atoms with van der Waals surface area (Å²) in [5, 5.41) is 23.0. The van der Waals surface area contributed by atoms with Gasteiger partial charge in [0.25, 0.3) is 5.69 Å². The lowest BCUT2D eigenvalue weighted by Gasteiger charge is -2.23. The Labute approximate surface area is 118 Å². The van der Waals surface area contributed by atoms with Gasteiger partial charge >= 0.3 is 5.97 Å². The summed E-state index contributed by atoms with van der Waals surface area (Å²) >= 11 is 0. The minimum absolute atomic E-state index is 0.203. The van der Waals surface area contributed by atoms with Crippen molar-refractivity contribution in [2.45, 2.75) is 6.42 Å². The van der Waals surface area contributed by atoms with Gasteiger partial charge in [0.15, 0.2) is 11.5 Å². The first-order chi connectivity index (χ1) is 10.0. The molecule has 2 aromatic rings. The standard InChI is InChI=1S/C14H10N2O5/c17-13(18)6-8-5-9(16(19)20)7-12-14(8)15-10-3-1-2-4-11(10)21-12/h1-5,7,15H,6H2,(H,17,18). The van der Waals surface area contributed by atoms with Crippen LogP contribution < -0.4 is 10.1 Å². The predicted octanol–water partition coefficient (Wildman–Crippen LogP) is 3.07. The lowest BCUT2D eigenvalue weighted by atomic mass is 10.1. The van der Waals surface area contributed by atoms with Gasteiger partial charge in [-0.25, -0.2) is 0 Å². The van der Waals surface area contributed by atoms with E-state index in [2.05, 4.69) is 5.32 Å². The third kappa shape index (κ3) is 2.36. The largest absolute Gasteiger partial charge is 0.481 e. The number of non-ortho nitro benzene ring substituents is 1. The molecule has 2 aromatic carbocycles. The number of rotatable bonds is 3. The number of aliphatic carboxylic acids is 1. The molecule has 21 heavy (non-hydrogen) atoms. The highest BCUT2D eigenvalue weighted by Crippen LogP contribution is 2.45. The second kappa shape index (κ2) is 4.78. The predicted molar refractivity (Wildman–Crippen MR) is 74.2 cm³/mol. The Balaban J connectivity index is 2.13. The second-order valence-corrected chi connectivity index (χ2v) is 4.53. The molecule has 1 heterocycles. The smallest absolute Gasteiger partial charge is 0.307 e. The number of nitro groups is 1. The molecular weight excluding hydrogens is 276 g/mol. The molecule has 3 rings (SSSR count). The number of para-hydroxylation sites is 2. The van der Waals surface area contributed by atoms with E-state index in [0.29, 0.717) is 22.7 Å². The molecule has 106 valence electrons. The Kier molecular flexibility index (Phi) is 2.94. The maximum absolute atomic E-state index is 11.0. The monoisotopic (exact) mass is 286 g/mol. The molecule has 0 unspecified atom stereocenters. The van der Waals surface area contributed by atoms with E-state index in [1.54, 1.807) is 18.2 Å². The molecule has 0 spiro atoms. The number of hydrogen-bond acceptors (Lipinski definition) is 5. The topological polar surface area (TPSA) is 102 Å². The van der Waals surface area contributed by atoms with Crippen molar-refractivity contribution >= 4 is 23.0 Å². The molecule has 1 aliphatic rings. The zero-order valence-corrected chi connectivity index (χ0v) is 10.7. The first kappa shape index (κ1) is 12.9. The quantitative estimate of drug-likeness (QED) is 0.566. The van der Waals surface area contributed by atoms with E-state index in [1.807, 2.05) is 6.07 Å². The zero-order valence-electron chi connectivity index (χ0n) is 10.7. The maximum atomic E-state index is 11.0.